The second-order valence-electron chi connectivity index (χ2n) is 3.47. The quantitative estimate of drug-likeness (QED) is 0.703. The maximum absolute atomic E-state index is 12.2. The Balaban J connectivity index is 4.64. The Morgan fingerprint density at radius 3 is 2.24 bits per heavy atom. The molecule has 0 bridgehead atoms. The summed E-state index contributed by atoms with van der Waals surface area (Å²) in [7, 11) is 1.21. The molecular formula is C9H16F2N2O4. The highest BCUT2D eigenvalue weighted by Gasteiger charge is 2.27. The highest BCUT2D eigenvalue weighted by molar-refractivity contribution is 5.82. The fourth-order valence-electron chi connectivity index (χ4n) is 1.11. The molecule has 0 aromatic heterocycles. The smallest absolute Gasteiger partial charge is 0.326 e. The van der Waals surface area contributed by atoms with Crippen LogP contribution in [0.2, 0.25) is 0 Å². The van der Waals surface area contributed by atoms with Crippen LogP contribution in [0, 0.1) is 0 Å². The van der Waals surface area contributed by atoms with E-state index in [4.69, 9.17) is 10.2 Å². The summed E-state index contributed by atoms with van der Waals surface area (Å²) >= 11 is 0. The first-order valence-corrected chi connectivity index (χ1v) is 4.94. The number of likely N-dealkylation sites (N-methyl/N-ethyl adjacent to an activating group) is 1. The Bertz CT molecular complexity index is 276. The maximum Gasteiger partial charge on any atom is 0.326 e. The number of halogens is 2. The van der Waals surface area contributed by atoms with Gasteiger partial charge in [-0.1, -0.05) is 0 Å². The van der Waals surface area contributed by atoms with Crippen LogP contribution in [-0.4, -0.2) is 71.2 Å². The standard InChI is InChI=1S/C9H16F2N2O4/c1-6(8(15)16)12(2)9(17)13(3-4-14)5-7(10)11/h6-7,14H,3-5H2,1-2H3,(H,15,16). The Morgan fingerprint density at radius 2 is 1.88 bits per heavy atom. The van der Waals surface area contributed by atoms with Gasteiger partial charge in [0.1, 0.15) is 6.04 Å². The van der Waals surface area contributed by atoms with Crippen molar-refractivity contribution in [2.24, 2.45) is 0 Å². The van der Waals surface area contributed by atoms with Crippen LogP contribution in [0.25, 0.3) is 0 Å². The van der Waals surface area contributed by atoms with E-state index in [9.17, 15) is 18.4 Å². The van der Waals surface area contributed by atoms with E-state index in [2.05, 4.69) is 0 Å². The summed E-state index contributed by atoms with van der Waals surface area (Å²) in [6.07, 6.45) is -2.74. The normalized spacial score (nSPS) is 12.4. The molecule has 0 aromatic carbocycles. The molecule has 0 heterocycles. The SMILES string of the molecule is CC(C(=O)O)N(C)C(=O)N(CCO)CC(F)F. The van der Waals surface area contributed by atoms with Crippen LogP contribution >= 0.6 is 0 Å². The zero-order valence-corrected chi connectivity index (χ0v) is 9.64. The number of aliphatic hydroxyl groups is 1. The average molecular weight is 254 g/mol. The lowest BCUT2D eigenvalue weighted by atomic mass is 10.3. The number of carboxylic acids is 1. The molecular weight excluding hydrogens is 238 g/mol. The number of hydrogen-bond donors (Lipinski definition) is 2. The number of nitrogens with zero attached hydrogens (tertiary/aromatic N) is 2. The maximum atomic E-state index is 12.2. The van der Waals surface area contributed by atoms with Crippen molar-refractivity contribution in [1.82, 2.24) is 9.80 Å². The second kappa shape index (κ2) is 7.00. The molecule has 0 saturated carbocycles. The number of amides is 2. The van der Waals surface area contributed by atoms with Crippen molar-refractivity contribution in [1.29, 1.82) is 0 Å². The highest BCUT2D eigenvalue weighted by atomic mass is 19.3. The van der Waals surface area contributed by atoms with Crippen molar-refractivity contribution in [2.75, 3.05) is 26.7 Å². The molecule has 0 radical (unpaired) electrons. The predicted octanol–water partition coefficient (Wildman–Crippen LogP) is 0.0707. The van der Waals surface area contributed by atoms with Gasteiger partial charge in [-0.05, 0) is 6.92 Å². The van der Waals surface area contributed by atoms with Gasteiger partial charge in [-0.25, -0.2) is 18.4 Å². The third-order valence-electron chi connectivity index (χ3n) is 2.24. The monoisotopic (exact) mass is 254 g/mol. The minimum atomic E-state index is -2.74. The first-order valence-electron chi connectivity index (χ1n) is 4.94. The number of carbonyl (C=O) groups is 2. The average Bonchev–Trinajstić information content (AvgIpc) is 2.24. The number of aliphatic carboxylic acids is 1. The van der Waals surface area contributed by atoms with Crippen LogP contribution in [-0.2, 0) is 4.79 Å². The number of hydrogen-bond acceptors (Lipinski definition) is 3. The molecule has 0 spiro atoms. The van der Waals surface area contributed by atoms with Gasteiger partial charge in [0.2, 0.25) is 0 Å². The van der Waals surface area contributed by atoms with Crippen molar-refractivity contribution in [2.45, 2.75) is 19.4 Å². The Hall–Kier alpha value is -1.44. The van der Waals surface area contributed by atoms with E-state index >= 15 is 0 Å². The molecule has 0 saturated heterocycles. The summed E-state index contributed by atoms with van der Waals surface area (Å²) in [5.41, 5.74) is 0. The van der Waals surface area contributed by atoms with Gasteiger partial charge in [-0.3, -0.25) is 0 Å². The number of aliphatic hydroxyl groups excluding tert-OH is 1. The molecule has 1 unspecified atom stereocenters. The topological polar surface area (TPSA) is 81.1 Å². The molecule has 17 heavy (non-hydrogen) atoms. The molecule has 2 N–H and O–H groups in total. The molecule has 6 nitrogen and oxygen atoms in total. The van der Waals surface area contributed by atoms with E-state index in [1.54, 1.807) is 0 Å². The lowest BCUT2D eigenvalue weighted by Gasteiger charge is -2.29. The van der Waals surface area contributed by atoms with Crippen LogP contribution in [0.3, 0.4) is 0 Å². The molecule has 1 atom stereocenters. The van der Waals surface area contributed by atoms with Gasteiger partial charge in [0.25, 0.3) is 6.43 Å². The van der Waals surface area contributed by atoms with E-state index < -0.39 is 37.6 Å². The van der Waals surface area contributed by atoms with Crippen molar-refractivity contribution >= 4 is 12.0 Å². The number of rotatable bonds is 6. The van der Waals surface area contributed by atoms with Crippen LogP contribution in [0.5, 0.6) is 0 Å². The minimum Gasteiger partial charge on any atom is -0.480 e. The molecule has 8 heteroatoms. The van der Waals surface area contributed by atoms with Gasteiger partial charge >= 0.3 is 12.0 Å². The Labute approximate surface area is 97.4 Å². The van der Waals surface area contributed by atoms with Crippen LogP contribution in [0.4, 0.5) is 13.6 Å². The van der Waals surface area contributed by atoms with Crippen LogP contribution in [0.15, 0.2) is 0 Å². The third-order valence-corrected chi connectivity index (χ3v) is 2.24. The van der Waals surface area contributed by atoms with Gasteiger partial charge < -0.3 is 20.0 Å². The number of carbonyl (C=O) groups excluding carboxylic acids is 1. The van der Waals surface area contributed by atoms with Crippen molar-refractivity contribution < 1.29 is 28.6 Å². The van der Waals surface area contributed by atoms with E-state index in [-0.39, 0.29) is 6.54 Å². The van der Waals surface area contributed by atoms with Gasteiger partial charge in [0.05, 0.1) is 13.2 Å². The summed E-state index contributed by atoms with van der Waals surface area (Å²) in [5.74, 6) is -1.23. The first-order chi connectivity index (χ1) is 7.81. The first kappa shape index (κ1) is 15.6. The van der Waals surface area contributed by atoms with E-state index in [1.807, 2.05) is 0 Å². The molecule has 0 fully saturated rings. The van der Waals surface area contributed by atoms with Crippen molar-refractivity contribution in [3.05, 3.63) is 0 Å². The van der Waals surface area contributed by atoms with Gasteiger partial charge in [0, 0.05) is 13.6 Å². The Morgan fingerprint density at radius 1 is 1.35 bits per heavy atom. The summed E-state index contributed by atoms with van der Waals surface area (Å²) in [4.78, 5) is 23.8. The number of carboxylic acid groups (broad SMARTS) is 1. The van der Waals surface area contributed by atoms with E-state index in [1.165, 1.54) is 14.0 Å². The zero-order valence-electron chi connectivity index (χ0n) is 9.64. The van der Waals surface area contributed by atoms with Crippen molar-refractivity contribution in [3.8, 4) is 0 Å². The second-order valence-corrected chi connectivity index (χ2v) is 3.47. The molecule has 0 aromatic rings. The third kappa shape index (κ3) is 4.94. The van der Waals surface area contributed by atoms with Gasteiger partial charge in [0.15, 0.2) is 0 Å². The summed E-state index contributed by atoms with van der Waals surface area (Å²) in [6.45, 7) is -0.302. The van der Waals surface area contributed by atoms with Gasteiger partial charge in [-0.15, -0.1) is 0 Å². The largest absolute Gasteiger partial charge is 0.480 e. The summed E-state index contributed by atoms with van der Waals surface area (Å²) < 4.78 is 24.4. The lowest BCUT2D eigenvalue weighted by molar-refractivity contribution is -0.141. The fourth-order valence-corrected chi connectivity index (χ4v) is 1.11. The summed E-state index contributed by atoms with van der Waals surface area (Å²) in [6, 6.07) is -1.98. The number of alkyl halides is 2. The minimum absolute atomic E-state index is 0.264. The molecule has 0 rings (SSSR count). The molecule has 0 aliphatic rings. The zero-order chi connectivity index (χ0) is 13.6. The van der Waals surface area contributed by atoms with E-state index in [0.717, 1.165) is 4.90 Å². The van der Waals surface area contributed by atoms with Crippen LogP contribution in [0.1, 0.15) is 6.92 Å². The van der Waals surface area contributed by atoms with E-state index in [0.29, 0.717) is 4.90 Å². The molecule has 2 amide bonds. The fraction of sp³-hybridized carbons (Fsp3) is 0.778. The number of urea groups is 1. The predicted molar refractivity (Wildman–Crippen MR) is 54.9 cm³/mol. The molecule has 100 valence electrons. The lowest BCUT2D eigenvalue weighted by Crippen LogP contribution is -2.49. The highest BCUT2D eigenvalue weighted by Crippen LogP contribution is 2.05. The van der Waals surface area contributed by atoms with Crippen molar-refractivity contribution in [3.63, 3.8) is 0 Å². The Kier molecular flexibility index (Phi) is 6.40. The molecule has 0 aliphatic carbocycles. The van der Waals surface area contributed by atoms with Crippen LogP contribution < -0.4 is 0 Å². The molecule has 0 aliphatic heterocycles. The van der Waals surface area contributed by atoms with Gasteiger partial charge in [-0.2, -0.15) is 0 Å². The summed E-state index contributed by atoms with van der Waals surface area (Å²) in [5, 5.41) is 17.3.